The second kappa shape index (κ2) is 12.4. The number of alkyl carbamates (subject to hydrolysis) is 1. The van der Waals surface area contributed by atoms with Gasteiger partial charge in [0.05, 0.1) is 32.2 Å². The second-order valence-electron chi connectivity index (χ2n) is 12.1. The van der Waals surface area contributed by atoms with E-state index < -0.39 is 53.6 Å². The number of esters is 1. The SMILES string of the molecule is COC(=O)CN1C[C@@H]([C@@H](Cc2c[nH]c3ccccc23)NC(=O)OC(C)(C)C)N2C(=O)N(Cc3ccccc3)C(=O)C[C@H]2C1=O. The molecule has 3 heterocycles. The molecule has 0 aliphatic carbocycles. The highest BCUT2D eigenvalue weighted by atomic mass is 16.6. The Morgan fingerprint density at radius 1 is 1.05 bits per heavy atom. The van der Waals surface area contributed by atoms with Crippen molar-refractivity contribution in [1.29, 1.82) is 0 Å². The number of amides is 5. The summed E-state index contributed by atoms with van der Waals surface area (Å²) >= 11 is 0. The molecule has 0 spiro atoms. The summed E-state index contributed by atoms with van der Waals surface area (Å²) in [4.78, 5) is 73.8. The van der Waals surface area contributed by atoms with Crippen LogP contribution in [0.3, 0.4) is 0 Å². The molecule has 3 aromatic rings. The van der Waals surface area contributed by atoms with Crippen molar-refractivity contribution in [2.45, 2.75) is 63.9 Å². The number of carbonyl (C=O) groups excluding carboxylic acids is 5. The van der Waals surface area contributed by atoms with Crippen molar-refractivity contribution in [3.63, 3.8) is 0 Å². The third-order valence-corrected chi connectivity index (χ3v) is 7.83. The van der Waals surface area contributed by atoms with Gasteiger partial charge in [0.15, 0.2) is 0 Å². The number of nitrogens with one attached hydrogen (secondary N) is 2. The molecule has 2 fully saturated rings. The summed E-state index contributed by atoms with van der Waals surface area (Å²) < 4.78 is 10.4. The lowest BCUT2D eigenvalue weighted by atomic mass is 9.91. The average Bonchev–Trinajstić information content (AvgIpc) is 3.38. The monoisotopic (exact) mass is 603 g/mol. The molecule has 5 amide bonds. The zero-order chi connectivity index (χ0) is 31.6. The number of hydrogen-bond donors (Lipinski definition) is 2. The predicted molar refractivity (Wildman–Crippen MR) is 160 cm³/mol. The molecule has 0 saturated carbocycles. The molecule has 2 N–H and O–H groups in total. The molecule has 3 atom stereocenters. The van der Waals surface area contributed by atoms with Gasteiger partial charge in [0.2, 0.25) is 11.8 Å². The van der Waals surface area contributed by atoms with Gasteiger partial charge in [-0.15, -0.1) is 0 Å². The van der Waals surface area contributed by atoms with Crippen LogP contribution >= 0.6 is 0 Å². The van der Waals surface area contributed by atoms with Crippen LogP contribution in [0.5, 0.6) is 0 Å². The van der Waals surface area contributed by atoms with E-state index in [0.29, 0.717) is 0 Å². The van der Waals surface area contributed by atoms with Crippen LogP contribution in [0.15, 0.2) is 60.8 Å². The van der Waals surface area contributed by atoms with Crippen LogP contribution in [-0.4, -0.2) is 93.5 Å². The Morgan fingerprint density at radius 2 is 1.75 bits per heavy atom. The van der Waals surface area contributed by atoms with Gasteiger partial charge in [0, 0.05) is 23.6 Å². The Hall–Kier alpha value is -4.87. The first-order valence-corrected chi connectivity index (χ1v) is 14.5. The van der Waals surface area contributed by atoms with Gasteiger partial charge in [-0.1, -0.05) is 48.5 Å². The van der Waals surface area contributed by atoms with Gasteiger partial charge in [-0.05, 0) is 44.4 Å². The van der Waals surface area contributed by atoms with Gasteiger partial charge < -0.3 is 29.6 Å². The minimum absolute atomic E-state index is 0.0289. The van der Waals surface area contributed by atoms with Crippen LogP contribution in [0.25, 0.3) is 10.9 Å². The van der Waals surface area contributed by atoms with E-state index in [-0.39, 0.29) is 32.5 Å². The molecule has 2 aliphatic rings. The molecule has 232 valence electrons. The Morgan fingerprint density at radius 3 is 2.45 bits per heavy atom. The largest absolute Gasteiger partial charge is 0.468 e. The van der Waals surface area contributed by atoms with Crippen molar-refractivity contribution in [1.82, 2.24) is 25.0 Å². The van der Waals surface area contributed by atoms with E-state index in [0.717, 1.165) is 26.9 Å². The number of imide groups is 1. The third-order valence-electron chi connectivity index (χ3n) is 7.83. The topological polar surface area (TPSA) is 141 Å². The summed E-state index contributed by atoms with van der Waals surface area (Å²) in [7, 11) is 1.22. The summed E-state index contributed by atoms with van der Waals surface area (Å²) in [5.74, 6) is -1.67. The maximum Gasteiger partial charge on any atom is 0.407 e. The number of carbonyl (C=O) groups is 5. The third kappa shape index (κ3) is 6.53. The fraction of sp³-hybridized carbons (Fsp3) is 0.406. The fourth-order valence-electron chi connectivity index (χ4n) is 5.83. The number of urea groups is 1. The smallest absolute Gasteiger partial charge is 0.407 e. The van der Waals surface area contributed by atoms with Crippen molar-refractivity contribution < 1.29 is 33.4 Å². The molecule has 2 aliphatic heterocycles. The number of fused-ring (bicyclic) bond motifs is 2. The van der Waals surface area contributed by atoms with E-state index in [1.54, 1.807) is 20.8 Å². The first-order chi connectivity index (χ1) is 20.9. The molecule has 0 radical (unpaired) electrons. The minimum Gasteiger partial charge on any atom is -0.468 e. The Kier molecular flexibility index (Phi) is 8.61. The zero-order valence-electron chi connectivity index (χ0n) is 25.2. The van der Waals surface area contributed by atoms with Gasteiger partial charge in [0.25, 0.3) is 0 Å². The Balaban J connectivity index is 1.55. The molecule has 12 heteroatoms. The number of ether oxygens (including phenoxy) is 2. The van der Waals surface area contributed by atoms with E-state index in [1.807, 2.05) is 60.8 Å². The minimum atomic E-state index is -1.16. The van der Waals surface area contributed by atoms with Crippen LogP contribution < -0.4 is 5.32 Å². The van der Waals surface area contributed by atoms with Crippen molar-refractivity contribution in [2.24, 2.45) is 0 Å². The molecule has 0 bridgehead atoms. The second-order valence-corrected chi connectivity index (χ2v) is 12.1. The number of methoxy groups -OCH3 is 1. The van der Waals surface area contributed by atoms with Crippen LogP contribution in [0.1, 0.15) is 38.3 Å². The number of H-pyrrole nitrogens is 1. The number of piperazine rings is 1. The number of aromatic amines is 1. The van der Waals surface area contributed by atoms with Gasteiger partial charge in [-0.3, -0.25) is 19.3 Å². The molecule has 5 rings (SSSR count). The highest BCUT2D eigenvalue weighted by Crippen LogP contribution is 2.31. The van der Waals surface area contributed by atoms with Crippen molar-refractivity contribution >= 4 is 40.8 Å². The molecular formula is C32H37N5O7. The van der Waals surface area contributed by atoms with E-state index in [2.05, 4.69) is 10.3 Å². The van der Waals surface area contributed by atoms with E-state index in [9.17, 15) is 24.0 Å². The summed E-state index contributed by atoms with van der Waals surface area (Å²) in [5, 5.41) is 3.89. The van der Waals surface area contributed by atoms with Crippen LogP contribution in [0.4, 0.5) is 9.59 Å². The standard InChI is InChI=1S/C32H37N5O7/c1-32(2,3)44-30(41)34-24(14-21-16-33-23-13-9-8-12-22(21)23)26-18-35(19-28(39)43-4)29(40)25-15-27(38)36(31(42)37(25)26)17-20-10-6-5-7-11-20/h5-13,16,24-26,33H,14-15,17-19H2,1-4H3,(H,34,41)/t24-,25+,26+/m1/s1. The first kappa shape index (κ1) is 30.6. The Labute approximate surface area is 255 Å². The van der Waals surface area contributed by atoms with E-state index in [4.69, 9.17) is 9.47 Å². The van der Waals surface area contributed by atoms with Gasteiger partial charge in [-0.25, -0.2) is 9.59 Å². The predicted octanol–water partition coefficient (Wildman–Crippen LogP) is 3.21. The van der Waals surface area contributed by atoms with Crippen LogP contribution in [0, 0.1) is 0 Å². The highest BCUT2D eigenvalue weighted by molar-refractivity contribution is 6.03. The number of aromatic nitrogens is 1. The summed E-state index contributed by atoms with van der Waals surface area (Å²) in [5.41, 5.74) is 1.73. The maximum atomic E-state index is 14.2. The van der Waals surface area contributed by atoms with Crippen molar-refractivity contribution in [2.75, 3.05) is 20.2 Å². The van der Waals surface area contributed by atoms with Gasteiger partial charge >= 0.3 is 18.1 Å². The van der Waals surface area contributed by atoms with E-state index >= 15 is 0 Å². The lowest BCUT2D eigenvalue weighted by Gasteiger charge is -2.51. The number of rotatable bonds is 8. The number of para-hydroxylation sites is 1. The lowest BCUT2D eigenvalue weighted by Crippen LogP contribution is -2.73. The Bertz CT molecular complexity index is 1560. The molecule has 0 unspecified atom stereocenters. The number of benzene rings is 2. The molecule has 1 aromatic heterocycles. The lowest BCUT2D eigenvalue weighted by molar-refractivity contribution is -0.157. The van der Waals surface area contributed by atoms with Gasteiger partial charge in [0.1, 0.15) is 18.2 Å². The summed E-state index contributed by atoms with van der Waals surface area (Å²) in [6, 6.07) is 13.4. The first-order valence-electron chi connectivity index (χ1n) is 14.5. The average molecular weight is 604 g/mol. The number of hydrogen-bond acceptors (Lipinski definition) is 7. The highest BCUT2D eigenvalue weighted by Gasteiger charge is 2.52. The van der Waals surface area contributed by atoms with Crippen LogP contribution in [0.2, 0.25) is 0 Å². The molecule has 12 nitrogen and oxygen atoms in total. The zero-order valence-corrected chi connectivity index (χ0v) is 25.2. The molecular weight excluding hydrogens is 566 g/mol. The van der Waals surface area contributed by atoms with E-state index in [1.165, 1.54) is 16.9 Å². The van der Waals surface area contributed by atoms with Crippen molar-refractivity contribution in [3.05, 3.63) is 71.9 Å². The van der Waals surface area contributed by atoms with Crippen LogP contribution in [-0.2, 0) is 36.8 Å². The fourth-order valence-corrected chi connectivity index (χ4v) is 5.83. The number of nitrogens with zero attached hydrogens (tertiary/aromatic N) is 3. The normalized spacial score (nSPS) is 19.5. The molecule has 44 heavy (non-hydrogen) atoms. The van der Waals surface area contributed by atoms with Crippen molar-refractivity contribution in [3.8, 4) is 0 Å². The maximum absolute atomic E-state index is 14.2. The molecule has 2 saturated heterocycles. The van der Waals surface area contributed by atoms with Gasteiger partial charge in [-0.2, -0.15) is 0 Å². The quantitative estimate of drug-likeness (QED) is 0.377. The molecule has 2 aromatic carbocycles. The summed E-state index contributed by atoms with van der Waals surface area (Å²) in [6.07, 6.45) is 1.14. The summed E-state index contributed by atoms with van der Waals surface area (Å²) in [6.45, 7) is 4.83.